The number of nitrogens with zero attached hydrogens (tertiary/aromatic N) is 1. The summed E-state index contributed by atoms with van der Waals surface area (Å²) in [4.78, 5) is 1.90. The van der Waals surface area contributed by atoms with E-state index in [-0.39, 0.29) is 25.1 Å². The van der Waals surface area contributed by atoms with Crippen molar-refractivity contribution in [1.29, 1.82) is 0 Å². The van der Waals surface area contributed by atoms with Crippen LogP contribution < -0.4 is 9.64 Å². The molecule has 1 unspecified atom stereocenters. The molecular formula is C33H34ClNO8S2. The summed E-state index contributed by atoms with van der Waals surface area (Å²) in [6, 6.07) is 20.9. The summed E-state index contributed by atoms with van der Waals surface area (Å²) in [7, 11) is -8.35. The van der Waals surface area contributed by atoms with Crippen LogP contribution in [0.15, 0.2) is 88.7 Å². The van der Waals surface area contributed by atoms with Crippen molar-refractivity contribution in [3.63, 3.8) is 0 Å². The van der Waals surface area contributed by atoms with E-state index in [0.717, 1.165) is 33.3 Å². The Kier molecular flexibility index (Phi) is 9.76. The third-order valence-corrected chi connectivity index (χ3v) is 10.0. The van der Waals surface area contributed by atoms with Crippen LogP contribution in [0.1, 0.15) is 44.4 Å². The van der Waals surface area contributed by atoms with Gasteiger partial charge in [-0.2, -0.15) is 16.8 Å². The maximum atomic E-state index is 11.8. The highest BCUT2D eigenvalue weighted by Crippen LogP contribution is 2.42. The van der Waals surface area contributed by atoms with E-state index in [1.165, 1.54) is 6.92 Å². The molecule has 2 heterocycles. The van der Waals surface area contributed by atoms with E-state index >= 15 is 0 Å². The van der Waals surface area contributed by atoms with E-state index < -0.39 is 25.5 Å². The second-order valence-electron chi connectivity index (χ2n) is 10.9. The molecule has 0 amide bonds. The fourth-order valence-electron chi connectivity index (χ4n) is 5.23. The quantitative estimate of drug-likeness (QED) is 0.145. The van der Waals surface area contributed by atoms with E-state index in [9.17, 15) is 25.9 Å². The largest absolute Gasteiger partial charge is 0.456 e. The molecule has 12 heteroatoms. The Hall–Kier alpha value is -3.61. The molecule has 1 aliphatic heterocycles. The number of furan rings is 1. The highest BCUT2D eigenvalue weighted by molar-refractivity contribution is 7.86. The molecule has 0 radical (unpaired) electrons. The van der Waals surface area contributed by atoms with Crippen molar-refractivity contribution in [3.8, 4) is 16.9 Å². The van der Waals surface area contributed by atoms with Crippen LogP contribution in [-0.2, 0) is 26.7 Å². The molecule has 1 aliphatic rings. The van der Waals surface area contributed by atoms with E-state index in [2.05, 4.69) is 0 Å². The SMILES string of the molecule is CCC(=Cc1oc2ccc(Cl)cc2c1CCCS(=O)(=O)O)/C=C1\Oc2ccc(-c3ccccc3)cc2N1CCC(C)S(=O)(=O)O. The number of anilines is 1. The van der Waals surface area contributed by atoms with Crippen molar-refractivity contribution >= 4 is 54.6 Å². The van der Waals surface area contributed by atoms with Crippen LogP contribution in [0.3, 0.4) is 0 Å². The zero-order chi connectivity index (χ0) is 32.4. The second-order valence-corrected chi connectivity index (χ2v) is 14.8. The van der Waals surface area contributed by atoms with Crippen molar-refractivity contribution in [2.24, 2.45) is 0 Å². The Balaban J connectivity index is 1.54. The zero-order valence-electron chi connectivity index (χ0n) is 24.8. The lowest BCUT2D eigenvalue weighted by atomic mass is 10.0. The van der Waals surface area contributed by atoms with Crippen LogP contribution >= 0.6 is 11.6 Å². The van der Waals surface area contributed by atoms with Gasteiger partial charge in [0, 0.05) is 28.6 Å². The molecule has 238 valence electrons. The van der Waals surface area contributed by atoms with Gasteiger partial charge in [-0.15, -0.1) is 0 Å². The van der Waals surface area contributed by atoms with Gasteiger partial charge in [0.1, 0.15) is 11.3 Å². The third-order valence-electron chi connectivity index (χ3n) is 7.75. The van der Waals surface area contributed by atoms with Crippen LogP contribution in [0.4, 0.5) is 5.69 Å². The summed E-state index contributed by atoms with van der Waals surface area (Å²) < 4.78 is 77.7. The number of halogens is 1. The summed E-state index contributed by atoms with van der Waals surface area (Å²) in [5.74, 6) is 1.24. The van der Waals surface area contributed by atoms with E-state index in [1.807, 2.05) is 72.5 Å². The molecule has 1 aromatic heterocycles. The Morgan fingerprint density at radius 3 is 2.44 bits per heavy atom. The van der Waals surface area contributed by atoms with E-state index in [0.29, 0.717) is 40.8 Å². The Bertz CT molecular complexity index is 1980. The molecule has 3 aromatic carbocycles. The molecule has 0 fully saturated rings. The third kappa shape index (κ3) is 7.98. The standard InChI is InChI=1S/C33H34ClNO8S2/c1-3-23(18-32-27(10-7-17-44(36,37)38)28-21-26(34)12-14-30(28)42-32)19-33-35(16-15-22(2)45(39,40)41)29-20-25(11-13-31(29)43-33)24-8-5-4-6-9-24/h4-6,8-9,11-14,18-22H,3,7,10,15-17H2,1-2H3,(H,36,37,38)(H,39,40,41)/b23-18?,33-19-. The van der Waals surface area contributed by atoms with Crippen LogP contribution in [0, 0.1) is 0 Å². The molecule has 4 aromatic rings. The molecule has 9 nitrogen and oxygen atoms in total. The molecule has 45 heavy (non-hydrogen) atoms. The van der Waals surface area contributed by atoms with Crippen molar-refractivity contribution in [1.82, 2.24) is 0 Å². The lowest BCUT2D eigenvalue weighted by Crippen LogP contribution is -2.27. The number of hydrogen-bond acceptors (Lipinski definition) is 7. The normalized spacial score (nSPS) is 15.4. The van der Waals surface area contributed by atoms with Gasteiger partial charge in [-0.25, -0.2) is 0 Å². The summed E-state index contributed by atoms with van der Waals surface area (Å²) in [6.07, 6.45) is 4.98. The van der Waals surface area contributed by atoms with Crippen molar-refractivity contribution in [3.05, 3.63) is 101 Å². The van der Waals surface area contributed by atoms with Gasteiger partial charge < -0.3 is 14.1 Å². The molecular weight excluding hydrogens is 638 g/mol. The lowest BCUT2D eigenvalue weighted by molar-refractivity contribution is 0.433. The number of hydrogen-bond donors (Lipinski definition) is 2. The predicted molar refractivity (Wildman–Crippen MR) is 178 cm³/mol. The Morgan fingerprint density at radius 1 is 1.00 bits per heavy atom. The maximum Gasteiger partial charge on any atom is 0.267 e. The van der Waals surface area contributed by atoms with Crippen LogP contribution in [0.2, 0.25) is 5.02 Å². The average Bonchev–Trinajstić information content (AvgIpc) is 3.50. The smallest absolute Gasteiger partial charge is 0.267 e. The van der Waals surface area contributed by atoms with Gasteiger partial charge in [-0.3, -0.25) is 9.11 Å². The van der Waals surface area contributed by atoms with Crippen LogP contribution in [0.5, 0.6) is 5.75 Å². The average molecular weight is 672 g/mol. The summed E-state index contributed by atoms with van der Waals surface area (Å²) >= 11 is 6.27. The summed E-state index contributed by atoms with van der Waals surface area (Å²) in [5, 5.41) is 0.286. The van der Waals surface area contributed by atoms with Gasteiger partial charge in [0.2, 0.25) is 5.88 Å². The lowest BCUT2D eigenvalue weighted by Gasteiger charge is -2.20. The minimum atomic E-state index is -4.22. The number of aryl methyl sites for hydroxylation is 1. The second kappa shape index (κ2) is 13.4. The molecule has 5 rings (SSSR count). The maximum absolute atomic E-state index is 11.8. The number of benzene rings is 3. The first-order valence-corrected chi connectivity index (χ1v) is 18.0. The highest BCUT2D eigenvalue weighted by Gasteiger charge is 2.29. The van der Waals surface area contributed by atoms with Gasteiger partial charge in [-0.05, 0) is 85.7 Å². The first-order chi connectivity index (χ1) is 21.3. The zero-order valence-corrected chi connectivity index (χ0v) is 27.2. The predicted octanol–water partition coefficient (Wildman–Crippen LogP) is 7.77. The van der Waals surface area contributed by atoms with E-state index in [4.69, 9.17) is 20.8 Å². The first-order valence-electron chi connectivity index (χ1n) is 14.5. The molecule has 0 saturated heterocycles. The topological polar surface area (TPSA) is 134 Å². The number of fused-ring (bicyclic) bond motifs is 2. The van der Waals surface area contributed by atoms with Gasteiger partial charge in [0.15, 0.2) is 5.75 Å². The Labute approximate surface area is 268 Å². The number of allylic oxidation sites excluding steroid dienone is 2. The molecule has 0 saturated carbocycles. The van der Waals surface area contributed by atoms with Crippen LogP contribution in [0.25, 0.3) is 28.2 Å². The minimum absolute atomic E-state index is 0.155. The van der Waals surface area contributed by atoms with Crippen molar-refractivity contribution in [2.75, 3.05) is 17.2 Å². The minimum Gasteiger partial charge on any atom is -0.456 e. The first kappa shape index (κ1) is 32.8. The van der Waals surface area contributed by atoms with Crippen molar-refractivity contribution < 1.29 is 35.1 Å². The van der Waals surface area contributed by atoms with Crippen LogP contribution in [-0.4, -0.2) is 43.5 Å². The monoisotopic (exact) mass is 671 g/mol. The summed E-state index contributed by atoms with van der Waals surface area (Å²) in [6.45, 7) is 3.70. The van der Waals surface area contributed by atoms with E-state index in [1.54, 1.807) is 18.2 Å². The molecule has 0 aliphatic carbocycles. The van der Waals surface area contributed by atoms with Gasteiger partial charge >= 0.3 is 0 Å². The van der Waals surface area contributed by atoms with Crippen molar-refractivity contribution in [2.45, 2.75) is 44.8 Å². The molecule has 0 bridgehead atoms. The number of rotatable bonds is 12. The Morgan fingerprint density at radius 2 is 1.76 bits per heavy atom. The molecule has 2 N–H and O–H groups in total. The highest BCUT2D eigenvalue weighted by atomic mass is 35.5. The number of ether oxygens (including phenoxy) is 1. The molecule has 1 atom stereocenters. The van der Waals surface area contributed by atoms with Gasteiger partial charge in [0.25, 0.3) is 20.2 Å². The molecule has 0 spiro atoms. The fraction of sp³-hybridized carbons (Fsp3) is 0.273. The van der Waals surface area contributed by atoms with Gasteiger partial charge in [0.05, 0.1) is 16.7 Å². The van der Waals surface area contributed by atoms with Gasteiger partial charge in [-0.1, -0.05) is 54.9 Å². The summed E-state index contributed by atoms with van der Waals surface area (Å²) in [5.41, 5.74) is 4.94. The fourth-order valence-corrected chi connectivity index (χ4v) is 6.31.